The van der Waals surface area contributed by atoms with Crippen LogP contribution in [0.5, 0.6) is 0 Å². The van der Waals surface area contributed by atoms with Crippen LogP contribution in [0.1, 0.15) is 11.1 Å². The van der Waals surface area contributed by atoms with Crippen molar-refractivity contribution < 1.29 is 19.1 Å². The predicted molar refractivity (Wildman–Crippen MR) is 82.9 cm³/mol. The Hall–Kier alpha value is -2.89. The SMILES string of the molecule is C=CCNC(=O)NC(=O)COC(=O)/C=C/c1ccc(C)cc1. The first kappa shape index (κ1) is 17.2. The summed E-state index contributed by atoms with van der Waals surface area (Å²) < 4.78 is 4.72. The molecule has 0 heterocycles. The second-order valence-corrected chi connectivity index (χ2v) is 4.40. The lowest BCUT2D eigenvalue weighted by Gasteiger charge is -2.04. The Kier molecular flexibility index (Phi) is 7.12. The monoisotopic (exact) mass is 302 g/mol. The van der Waals surface area contributed by atoms with E-state index in [2.05, 4.69) is 11.9 Å². The van der Waals surface area contributed by atoms with Gasteiger partial charge in [-0.05, 0) is 18.6 Å². The van der Waals surface area contributed by atoms with E-state index in [1.54, 1.807) is 6.08 Å². The normalized spacial score (nSPS) is 10.0. The van der Waals surface area contributed by atoms with Crippen LogP contribution in [-0.4, -0.2) is 31.1 Å². The van der Waals surface area contributed by atoms with E-state index in [1.165, 1.54) is 12.2 Å². The van der Waals surface area contributed by atoms with Crippen LogP contribution >= 0.6 is 0 Å². The van der Waals surface area contributed by atoms with E-state index in [1.807, 2.05) is 36.5 Å². The molecule has 0 unspecified atom stereocenters. The van der Waals surface area contributed by atoms with E-state index in [0.717, 1.165) is 11.1 Å². The van der Waals surface area contributed by atoms with Gasteiger partial charge in [0.25, 0.3) is 5.91 Å². The summed E-state index contributed by atoms with van der Waals surface area (Å²) in [7, 11) is 0. The number of rotatable bonds is 6. The van der Waals surface area contributed by atoms with Crippen LogP contribution in [0, 0.1) is 6.92 Å². The highest BCUT2D eigenvalue weighted by molar-refractivity contribution is 5.96. The Balaban J connectivity index is 2.33. The number of nitrogens with one attached hydrogen (secondary N) is 2. The summed E-state index contributed by atoms with van der Waals surface area (Å²) >= 11 is 0. The number of hydrogen-bond acceptors (Lipinski definition) is 4. The topological polar surface area (TPSA) is 84.5 Å². The Bertz CT molecular complexity index is 576. The third kappa shape index (κ3) is 7.04. The van der Waals surface area contributed by atoms with Crippen molar-refractivity contribution in [2.24, 2.45) is 0 Å². The molecule has 0 saturated heterocycles. The largest absolute Gasteiger partial charge is 0.452 e. The summed E-state index contributed by atoms with van der Waals surface area (Å²) in [4.78, 5) is 33.9. The quantitative estimate of drug-likeness (QED) is 0.474. The number of benzene rings is 1. The number of amides is 3. The molecule has 0 radical (unpaired) electrons. The summed E-state index contributed by atoms with van der Waals surface area (Å²) in [6.07, 6.45) is 4.27. The van der Waals surface area contributed by atoms with E-state index in [-0.39, 0.29) is 6.54 Å². The summed E-state index contributed by atoms with van der Waals surface area (Å²) in [5.41, 5.74) is 1.96. The number of esters is 1. The fourth-order valence-electron chi connectivity index (χ4n) is 1.40. The third-order valence-corrected chi connectivity index (χ3v) is 2.49. The fourth-order valence-corrected chi connectivity index (χ4v) is 1.40. The molecule has 1 aromatic rings. The number of hydrogen-bond donors (Lipinski definition) is 2. The molecule has 22 heavy (non-hydrogen) atoms. The number of imide groups is 1. The molecule has 6 heteroatoms. The molecule has 0 aliphatic heterocycles. The number of carbonyl (C=O) groups is 3. The highest BCUT2D eigenvalue weighted by Crippen LogP contribution is 2.04. The lowest BCUT2D eigenvalue weighted by atomic mass is 10.1. The van der Waals surface area contributed by atoms with E-state index in [4.69, 9.17) is 4.74 Å². The lowest BCUT2D eigenvalue weighted by molar-refractivity contribution is -0.143. The summed E-state index contributed by atoms with van der Waals surface area (Å²) in [6.45, 7) is 5.09. The Morgan fingerprint density at radius 3 is 2.55 bits per heavy atom. The molecule has 0 atom stereocenters. The van der Waals surface area contributed by atoms with Crippen molar-refractivity contribution in [1.29, 1.82) is 0 Å². The van der Waals surface area contributed by atoms with Crippen LogP contribution in [-0.2, 0) is 14.3 Å². The van der Waals surface area contributed by atoms with Crippen LogP contribution in [0.15, 0.2) is 43.0 Å². The van der Waals surface area contributed by atoms with Gasteiger partial charge in [-0.3, -0.25) is 10.1 Å². The molecule has 0 aliphatic rings. The average molecular weight is 302 g/mol. The predicted octanol–water partition coefficient (Wildman–Crippen LogP) is 1.56. The molecule has 2 N–H and O–H groups in total. The first-order chi connectivity index (χ1) is 10.5. The van der Waals surface area contributed by atoms with Gasteiger partial charge in [-0.1, -0.05) is 35.9 Å². The Morgan fingerprint density at radius 1 is 1.23 bits per heavy atom. The molecule has 116 valence electrons. The number of aryl methyl sites for hydroxylation is 1. The molecule has 3 amide bonds. The molecule has 0 fully saturated rings. The van der Waals surface area contributed by atoms with Crippen LogP contribution < -0.4 is 10.6 Å². The van der Waals surface area contributed by atoms with Crippen molar-refractivity contribution in [3.63, 3.8) is 0 Å². The zero-order valence-electron chi connectivity index (χ0n) is 12.3. The second-order valence-electron chi connectivity index (χ2n) is 4.40. The highest BCUT2D eigenvalue weighted by atomic mass is 16.5. The zero-order valence-corrected chi connectivity index (χ0v) is 12.3. The molecular formula is C16H18N2O4. The fraction of sp³-hybridized carbons (Fsp3) is 0.188. The van der Waals surface area contributed by atoms with Crippen molar-refractivity contribution in [2.45, 2.75) is 6.92 Å². The van der Waals surface area contributed by atoms with Crippen LogP contribution in [0.3, 0.4) is 0 Å². The van der Waals surface area contributed by atoms with Gasteiger partial charge in [0, 0.05) is 12.6 Å². The van der Waals surface area contributed by atoms with E-state index >= 15 is 0 Å². The van der Waals surface area contributed by atoms with Gasteiger partial charge < -0.3 is 10.1 Å². The van der Waals surface area contributed by atoms with Crippen LogP contribution in [0.4, 0.5) is 4.79 Å². The Labute approximate surface area is 128 Å². The minimum absolute atomic E-state index is 0.234. The van der Waals surface area contributed by atoms with Gasteiger partial charge >= 0.3 is 12.0 Å². The summed E-state index contributed by atoms with van der Waals surface area (Å²) in [6, 6.07) is 6.88. The van der Waals surface area contributed by atoms with Crippen molar-refractivity contribution in [2.75, 3.05) is 13.2 Å². The molecule has 0 aliphatic carbocycles. The standard InChI is InChI=1S/C16H18N2O4/c1-3-10-17-16(21)18-14(19)11-22-15(20)9-8-13-6-4-12(2)5-7-13/h3-9H,1,10-11H2,2H3,(H2,17,18,19,21)/b9-8+. The summed E-state index contributed by atoms with van der Waals surface area (Å²) in [5.74, 6) is -1.37. The average Bonchev–Trinajstić information content (AvgIpc) is 2.50. The smallest absolute Gasteiger partial charge is 0.331 e. The minimum Gasteiger partial charge on any atom is -0.452 e. The molecule has 6 nitrogen and oxygen atoms in total. The second kappa shape index (κ2) is 9.12. The lowest BCUT2D eigenvalue weighted by Crippen LogP contribution is -2.41. The first-order valence-corrected chi connectivity index (χ1v) is 6.61. The van der Waals surface area contributed by atoms with Gasteiger partial charge in [0.1, 0.15) is 0 Å². The van der Waals surface area contributed by atoms with Crippen molar-refractivity contribution in [3.05, 3.63) is 54.1 Å². The number of carbonyl (C=O) groups excluding carboxylic acids is 3. The van der Waals surface area contributed by atoms with Crippen LogP contribution in [0.25, 0.3) is 6.08 Å². The maximum absolute atomic E-state index is 11.4. The minimum atomic E-state index is -0.710. The molecule has 0 aromatic heterocycles. The summed E-state index contributed by atoms with van der Waals surface area (Å²) in [5, 5.41) is 4.37. The highest BCUT2D eigenvalue weighted by Gasteiger charge is 2.08. The van der Waals surface area contributed by atoms with Gasteiger partial charge in [0.15, 0.2) is 6.61 Å². The van der Waals surface area contributed by atoms with E-state index in [0.29, 0.717) is 0 Å². The van der Waals surface area contributed by atoms with E-state index < -0.39 is 24.5 Å². The molecule has 1 aromatic carbocycles. The molecular weight excluding hydrogens is 284 g/mol. The Morgan fingerprint density at radius 2 is 1.91 bits per heavy atom. The van der Waals surface area contributed by atoms with E-state index in [9.17, 15) is 14.4 Å². The van der Waals surface area contributed by atoms with Gasteiger partial charge in [-0.2, -0.15) is 0 Å². The first-order valence-electron chi connectivity index (χ1n) is 6.61. The maximum Gasteiger partial charge on any atom is 0.331 e. The van der Waals surface area contributed by atoms with Crippen LogP contribution in [0.2, 0.25) is 0 Å². The molecule has 0 saturated carbocycles. The van der Waals surface area contributed by atoms with Gasteiger partial charge in [-0.25, -0.2) is 9.59 Å². The van der Waals surface area contributed by atoms with Gasteiger partial charge in [0.05, 0.1) is 0 Å². The van der Waals surface area contributed by atoms with Crippen molar-refractivity contribution >= 4 is 24.0 Å². The molecule has 0 spiro atoms. The van der Waals surface area contributed by atoms with Gasteiger partial charge in [-0.15, -0.1) is 6.58 Å². The molecule has 1 rings (SSSR count). The van der Waals surface area contributed by atoms with Gasteiger partial charge in [0.2, 0.25) is 0 Å². The number of urea groups is 1. The number of ether oxygens (including phenoxy) is 1. The van der Waals surface area contributed by atoms with Crippen molar-refractivity contribution in [3.8, 4) is 0 Å². The molecule has 0 bridgehead atoms. The zero-order chi connectivity index (χ0) is 16.4. The van der Waals surface area contributed by atoms with Crippen molar-refractivity contribution in [1.82, 2.24) is 10.6 Å². The maximum atomic E-state index is 11.4. The third-order valence-electron chi connectivity index (χ3n) is 2.49.